The molecule has 4 N–H and O–H groups in total. The van der Waals surface area contributed by atoms with Crippen LogP contribution in [-0.4, -0.2) is 11.4 Å². The molecule has 29 valence electrons. The lowest BCUT2D eigenvalue weighted by molar-refractivity contribution is 0.510. The van der Waals surface area contributed by atoms with Gasteiger partial charge in [0.15, 0.2) is 6.29 Å². The van der Waals surface area contributed by atoms with Gasteiger partial charge in [0.1, 0.15) is 0 Å². The Balaban J connectivity index is 2.20. The van der Waals surface area contributed by atoms with Gasteiger partial charge in [-0.15, -0.1) is 10.5 Å². The molecule has 0 aliphatic carbocycles. The van der Waals surface area contributed by atoms with E-state index in [0.717, 1.165) is 0 Å². The highest BCUT2D eigenvalue weighted by Gasteiger charge is 2.27. The van der Waals surface area contributed by atoms with E-state index < -0.39 is 0 Å². The van der Waals surface area contributed by atoms with Crippen LogP contribution in [0, 0.1) is 0 Å². The topological polar surface area (TPSA) is 69.2 Å². The van der Waals surface area contributed by atoms with Gasteiger partial charge in [0.25, 0.3) is 0 Å². The number of nitrogens with zero attached hydrogens (tertiary/aromatic N) is 2. The van der Waals surface area contributed by atoms with Crippen LogP contribution >= 0.6 is 0 Å². The summed E-state index contributed by atoms with van der Waals surface area (Å²) in [5.74, 6) is 4.91. The lowest BCUT2D eigenvalue weighted by atomic mass is 11.1. The molecule has 4 heteroatoms. The molecular formula is CH5N4. The van der Waals surface area contributed by atoms with Gasteiger partial charge in [0, 0.05) is 0 Å². The Hall–Kier alpha value is -0.160. The minimum atomic E-state index is -0.213. The van der Waals surface area contributed by atoms with Gasteiger partial charge in [-0.25, -0.2) is 0 Å². The third kappa shape index (κ3) is 0.381. The zero-order valence-corrected chi connectivity index (χ0v) is 2.63. The van der Waals surface area contributed by atoms with Gasteiger partial charge in [-0.3, -0.25) is 11.6 Å². The molecule has 0 aromatic carbocycles. The first kappa shape index (κ1) is 3.05. The molecule has 1 fully saturated rings. The standard InChI is InChI=1S/CH5N4/c2-1-4-5(1)3/h1H,2-3H2. The summed E-state index contributed by atoms with van der Waals surface area (Å²) in [6, 6.07) is 0. The summed E-state index contributed by atoms with van der Waals surface area (Å²) in [4.78, 5) is 0. The summed E-state index contributed by atoms with van der Waals surface area (Å²) in [6.45, 7) is 0. The molecule has 1 heterocycles. The Morgan fingerprint density at radius 3 is 2.00 bits per heavy atom. The predicted molar refractivity (Wildman–Crippen MR) is 16.1 cm³/mol. The van der Waals surface area contributed by atoms with Crippen LogP contribution in [0.3, 0.4) is 0 Å². The summed E-state index contributed by atoms with van der Waals surface area (Å²) in [7, 11) is 0. The zero-order valence-electron chi connectivity index (χ0n) is 2.63. The molecule has 0 bridgehead atoms. The number of hydrazine groups is 1. The quantitative estimate of drug-likeness (QED) is 0.256. The van der Waals surface area contributed by atoms with E-state index in [4.69, 9.17) is 11.6 Å². The highest BCUT2D eigenvalue weighted by Crippen LogP contribution is 1.92. The molecule has 0 amide bonds. The van der Waals surface area contributed by atoms with E-state index in [-0.39, 0.29) is 6.29 Å². The summed E-state index contributed by atoms with van der Waals surface area (Å²) < 4.78 is 0. The van der Waals surface area contributed by atoms with Gasteiger partial charge in [0.2, 0.25) is 0 Å². The molecule has 4 nitrogen and oxygen atoms in total. The van der Waals surface area contributed by atoms with Crippen molar-refractivity contribution in [1.82, 2.24) is 10.5 Å². The number of nitrogens with two attached hydrogens (primary N) is 2. The molecule has 1 rings (SSSR count). The second-order valence-electron chi connectivity index (χ2n) is 0.909. The molecule has 2 atom stereocenters. The van der Waals surface area contributed by atoms with E-state index in [1.54, 1.807) is 0 Å². The molecule has 0 saturated carbocycles. The van der Waals surface area contributed by atoms with Gasteiger partial charge in [0.05, 0.1) is 0 Å². The highest BCUT2D eigenvalue weighted by molar-refractivity contribution is 4.60. The number of hydrogen-bond acceptors (Lipinski definition) is 3. The SMILES string of the molecule is NC1[N]N1N. The first-order valence-corrected chi connectivity index (χ1v) is 1.31. The van der Waals surface area contributed by atoms with Crippen LogP contribution in [0.4, 0.5) is 0 Å². The van der Waals surface area contributed by atoms with Crippen molar-refractivity contribution in [2.75, 3.05) is 0 Å². The molecule has 0 spiro atoms. The highest BCUT2D eigenvalue weighted by atomic mass is 15.9. The molecule has 2 unspecified atom stereocenters. The fourth-order valence-electron chi connectivity index (χ4n) is 0.107. The van der Waals surface area contributed by atoms with Gasteiger partial charge in [-0.05, 0) is 0 Å². The van der Waals surface area contributed by atoms with E-state index in [0.29, 0.717) is 0 Å². The lowest BCUT2D eigenvalue weighted by Gasteiger charge is -1.70. The van der Waals surface area contributed by atoms with Crippen LogP contribution in [0.15, 0.2) is 0 Å². The van der Waals surface area contributed by atoms with Crippen molar-refractivity contribution in [2.45, 2.75) is 6.29 Å². The maximum atomic E-state index is 5.00. The van der Waals surface area contributed by atoms with Crippen molar-refractivity contribution in [3.8, 4) is 0 Å². The molecule has 5 heavy (non-hydrogen) atoms. The molecule has 0 aromatic rings. The minimum absolute atomic E-state index is 0.213. The Morgan fingerprint density at radius 1 is 1.80 bits per heavy atom. The summed E-state index contributed by atoms with van der Waals surface area (Å²) in [5.41, 5.74) is 8.44. The second-order valence-corrected chi connectivity index (χ2v) is 0.909. The van der Waals surface area contributed by atoms with Crippen molar-refractivity contribution in [2.24, 2.45) is 11.6 Å². The molecule has 1 aliphatic heterocycles. The van der Waals surface area contributed by atoms with Gasteiger partial charge < -0.3 is 0 Å². The lowest BCUT2D eigenvalue weighted by Crippen LogP contribution is -2.15. The van der Waals surface area contributed by atoms with Crippen LogP contribution in [0.5, 0.6) is 0 Å². The summed E-state index contributed by atoms with van der Waals surface area (Å²) in [5, 5.41) is 1.19. The predicted octanol–water partition coefficient (Wildman–Crippen LogP) is -2.06. The van der Waals surface area contributed by atoms with Crippen LogP contribution in [0.1, 0.15) is 0 Å². The van der Waals surface area contributed by atoms with E-state index >= 15 is 0 Å². The number of hydrogen-bond donors (Lipinski definition) is 2. The Kier molecular flexibility index (Phi) is 0.403. The third-order valence-corrected chi connectivity index (χ3v) is 0.468. The summed E-state index contributed by atoms with van der Waals surface area (Å²) in [6.07, 6.45) is -0.213. The van der Waals surface area contributed by atoms with Gasteiger partial charge in [-0.1, -0.05) is 0 Å². The van der Waals surface area contributed by atoms with Crippen molar-refractivity contribution < 1.29 is 0 Å². The normalized spacial score (nSPS) is 49.2. The third-order valence-electron chi connectivity index (χ3n) is 0.468. The van der Waals surface area contributed by atoms with Crippen molar-refractivity contribution in [1.29, 1.82) is 0 Å². The van der Waals surface area contributed by atoms with E-state index in [9.17, 15) is 0 Å². The average molecular weight is 73.1 g/mol. The molecule has 1 radical (unpaired) electrons. The second kappa shape index (κ2) is 0.662. The summed E-state index contributed by atoms with van der Waals surface area (Å²) >= 11 is 0. The van der Waals surface area contributed by atoms with Gasteiger partial charge >= 0.3 is 0 Å². The zero-order chi connectivity index (χ0) is 3.86. The Bertz CT molecular complexity index is 36.9. The first-order chi connectivity index (χ1) is 2.30. The fourth-order valence-corrected chi connectivity index (χ4v) is 0.107. The van der Waals surface area contributed by atoms with Crippen LogP contribution in [-0.2, 0) is 0 Å². The Labute approximate surface area is 29.7 Å². The monoisotopic (exact) mass is 73.1 g/mol. The molecule has 1 aliphatic rings. The van der Waals surface area contributed by atoms with Crippen LogP contribution in [0.2, 0.25) is 0 Å². The van der Waals surface area contributed by atoms with Crippen LogP contribution in [0.25, 0.3) is 0 Å². The minimum Gasteiger partial charge on any atom is -0.299 e. The Morgan fingerprint density at radius 2 is 2.00 bits per heavy atom. The van der Waals surface area contributed by atoms with Crippen molar-refractivity contribution >= 4 is 0 Å². The van der Waals surface area contributed by atoms with Crippen molar-refractivity contribution in [3.05, 3.63) is 0 Å². The average Bonchev–Trinajstić information content (AvgIpc) is 1.79. The van der Waals surface area contributed by atoms with E-state index in [1.807, 2.05) is 0 Å². The van der Waals surface area contributed by atoms with Crippen molar-refractivity contribution in [3.63, 3.8) is 0 Å². The smallest absolute Gasteiger partial charge is 0.173 e. The van der Waals surface area contributed by atoms with Gasteiger partial charge in [-0.2, -0.15) is 0 Å². The number of rotatable bonds is 0. The fraction of sp³-hybridized carbons (Fsp3) is 1.00. The van der Waals surface area contributed by atoms with E-state index in [1.165, 1.54) is 5.12 Å². The maximum Gasteiger partial charge on any atom is 0.173 e. The maximum absolute atomic E-state index is 5.00. The van der Waals surface area contributed by atoms with E-state index in [2.05, 4.69) is 5.43 Å². The first-order valence-electron chi connectivity index (χ1n) is 1.31. The molecule has 0 aromatic heterocycles. The molecule has 1 saturated heterocycles. The largest absolute Gasteiger partial charge is 0.299 e. The molecular weight excluding hydrogens is 68.0 g/mol. The van der Waals surface area contributed by atoms with Crippen LogP contribution < -0.4 is 17.0 Å².